The van der Waals surface area contributed by atoms with Gasteiger partial charge in [0.2, 0.25) is 0 Å². The van der Waals surface area contributed by atoms with E-state index in [0.29, 0.717) is 32.4 Å². The van der Waals surface area contributed by atoms with E-state index in [-0.39, 0.29) is 0 Å². The zero-order valence-corrected chi connectivity index (χ0v) is 19.2. The SMILES string of the molecule is CCNC(=NCc1ccc(C)cc1OCCOCC)NCC1CCCN1CCOC. The van der Waals surface area contributed by atoms with E-state index in [1.54, 1.807) is 7.11 Å². The van der Waals surface area contributed by atoms with Gasteiger partial charge in [-0.25, -0.2) is 4.99 Å². The molecule has 1 fully saturated rings. The molecule has 1 aliphatic heterocycles. The molecule has 1 saturated heterocycles. The zero-order valence-electron chi connectivity index (χ0n) is 19.2. The van der Waals surface area contributed by atoms with E-state index >= 15 is 0 Å². The van der Waals surface area contributed by atoms with Crippen molar-refractivity contribution in [3.05, 3.63) is 29.3 Å². The summed E-state index contributed by atoms with van der Waals surface area (Å²) in [6.45, 7) is 13.2. The molecule has 1 aromatic carbocycles. The lowest BCUT2D eigenvalue weighted by molar-refractivity contribution is 0.110. The topological polar surface area (TPSA) is 67.4 Å². The Morgan fingerprint density at radius 3 is 2.83 bits per heavy atom. The Morgan fingerprint density at radius 1 is 1.20 bits per heavy atom. The van der Waals surface area contributed by atoms with Crippen molar-refractivity contribution in [2.75, 3.05) is 59.7 Å². The predicted octanol–water partition coefficient (Wildman–Crippen LogP) is 2.58. The average molecular weight is 421 g/mol. The number of aryl methyl sites for hydroxylation is 1. The van der Waals surface area contributed by atoms with Crippen LogP contribution in [0.3, 0.4) is 0 Å². The fourth-order valence-electron chi connectivity index (χ4n) is 3.63. The lowest BCUT2D eigenvalue weighted by atomic mass is 10.1. The summed E-state index contributed by atoms with van der Waals surface area (Å²) < 4.78 is 16.6. The first-order chi connectivity index (χ1) is 14.7. The molecule has 1 aromatic rings. The molecule has 2 rings (SSSR count). The molecule has 1 unspecified atom stereocenters. The second-order valence-electron chi connectivity index (χ2n) is 7.56. The van der Waals surface area contributed by atoms with Crippen molar-refractivity contribution < 1.29 is 14.2 Å². The molecule has 0 spiro atoms. The number of methoxy groups -OCH3 is 1. The third kappa shape index (κ3) is 8.50. The molecule has 2 N–H and O–H groups in total. The Labute approximate surface area is 182 Å². The standard InChI is InChI=1S/C23H40N4O3/c1-5-24-23(26-18-21-8-7-11-27(21)12-13-28-4)25-17-20-10-9-19(3)16-22(20)30-15-14-29-6-2/h9-10,16,21H,5-8,11-15,17-18H2,1-4H3,(H2,24,25,26). The van der Waals surface area contributed by atoms with Gasteiger partial charge in [-0.15, -0.1) is 0 Å². The molecule has 1 aliphatic rings. The van der Waals surface area contributed by atoms with E-state index in [1.165, 1.54) is 18.4 Å². The number of benzene rings is 1. The number of likely N-dealkylation sites (tertiary alicyclic amines) is 1. The highest BCUT2D eigenvalue weighted by Crippen LogP contribution is 2.21. The first-order valence-electron chi connectivity index (χ1n) is 11.2. The Balaban J connectivity index is 1.95. The van der Waals surface area contributed by atoms with Crippen LogP contribution in [-0.4, -0.2) is 76.6 Å². The van der Waals surface area contributed by atoms with Gasteiger partial charge in [-0.1, -0.05) is 12.1 Å². The first-order valence-corrected chi connectivity index (χ1v) is 11.2. The van der Waals surface area contributed by atoms with Crippen LogP contribution in [0.2, 0.25) is 0 Å². The molecule has 7 nitrogen and oxygen atoms in total. The van der Waals surface area contributed by atoms with E-state index in [2.05, 4.69) is 47.6 Å². The van der Waals surface area contributed by atoms with Gasteiger partial charge in [-0.3, -0.25) is 4.90 Å². The second-order valence-corrected chi connectivity index (χ2v) is 7.56. The quantitative estimate of drug-likeness (QED) is 0.290. The lowest BCUT2D eigenvalue weighted by Crippen LogP contribution is -2.45. The van der Waals surface area contributed by atoms with Crippen molar-refractivity contribution in [1.29, 1.82) is 0 Å². The number of guanidine groups is 1. The van der Waals surface area contributed by atoms with E-state index < -0.39 is 0 Å². The van der Waals surface area contributed by atoms with Crippen molar-refractivity contribution in [2.45, 2.75) is 46.2 Å². The molecular weight excluding hydrogens is 380 g/mol. The highest BCUT2D eigenvalue weighted by molar-refractivity contribution is 5.79. The molecule has 0 amide bonds. The summed E-state index contributed by atoms with van der Waals surface area (Å²) in [6.07, 6.45) is 2.46. The van der Waals surface area contributed by atoms with Gasteiger partial charge >= 0.3 is 0 Å². The van der Waals surface area contributed by atoms with Gasteiger partial charge in [-0.2, -0.15) is 0 Å². The number of aliphatic imine (C=N–C) groups is 1. The van der Waals surface area contributed by atoms with Crippen LogP contribution in [0.4, 0.5) is 0 Å². The predicted molar refractivity (Wildman–Crippen MR) is 122 cm³/mol. The monoisotopic (exact) mass is 420 g/mol. The summed E-state index contributed by atoms with van der Waals surface area (Å²) >= 11 is 0. The average Bonchev–Trinajstić information content (AvgIpc) is 3.20. The van der Waals surface area contributed by atoms with Crippen LogP contribution in [0.5, 0.6) is 5.75 Å². The van der Waals surface area contributed by atoms with E-state index in [9.17, 15) is 0 Å². The van der Waals surface area contributed by atoms with Crippen LogP contribution in [0.1, 0.15) is 37.8 Å². The molecule has 1 atom stereocenters. The minimum absolute atomic E-state index is 0.529. The number of hydrogen-bond donors (Lipinski definition) is 2. The number of nitrogens with zero attached hydrogens (tertiary/aromatic N) is 2. The normalized spacial score (nSPS) is 17.3. The summed E-state index contributed by atoms with van der Waals surface area (Å²) in [6, 6.07) is 6.80. The molecule has 0 bridgehead atoms. The lowest BCUT2D eigenvalue weighted by Gasteiger charge is -2.25. The van der Waals surface area contributed by atoms with Gasteiger partial charge in [0.15, 0.2) is 5.96 Å². The smallest absolute Gasteiger partial charge is 0.191 e. The fraction of sp³-hybridized carbons (Fsp3) is 0.696. The van der Waals surface area contributed by atoms with Gasteiger partial charge < -0.3 is 24.8 Å². The largest absolute Gasteiger partial charge is 0.491 e. The van der Waals surface area contributed by atoms with Gasteiger partial charge in [0.05, 0.1) is 19.8 Å². The third-order valence-electron chi connectivity index (χ3n) is 5.25. The Bertz CT molecular complexity index is 639. The van der Waals surface area contributed by atoms with Crippen molar-refractivity contribution in [3.8, 4) is 5.75 Å². The zero-order chi connectivity index (χ0) is 21.6. The van der Waals surface area contributed by atoms with Gasteiger partial charge in [0, 0.05) is 45.0 Å². The van der Waals surface area contributed by atoms with Crippen LogP contribution in [0, 0.1) is 6.92 Å². The molecule has 0 saturated carbocycles. The van der Waals surface area contributed by atoms with E-state index in [0.717, 1.165) is 50.1 Å². The Morgan fingerprint density at radius 2 is 2.07 bits per heavy atom. The Kier molecular flexibility index (Phi) is 11.6. The van der Waals surface area contributed by atoms with Crippen molar-refractivity contribution >= 4 is 5.96 Å². The highest BCUT2D eigenvalue weighted by Gasteiger charge is 2.23. The van der Waals surface area contributed by atoms with E-state index in [1.807, 2.05) is 6.92 Å². The number of nitrogens with one attached hydrogen (secondary N) is 2. The molecule has 7 heteroatoms. The van der Waals surface area contributed by atoms with Gasteiger partial charge in [-0.05, 0) is 51.8 Å². The van der Waals surface area contributed by atoms with Crippen molar-refractivity contribution in [1.82, 2.24) is 15.5 Å². The summed E-state index contributed by atoms with van der Waals surface area (Å²) in [5.74, 6) is 1.73. The van der Waals surface area contributed by atoms with Crippen LogP contribution < -0.4 is 15.4 Å². The molecule has 170 valence electrons. The summed E-state index contributed by atoms with van der Waals surface area (Å²) in [7, 11) is 1.76. The minimum Gasteiger partial charge on any atom is -0.491 e. The highest BCUT2D eigenvalue weighted by atomic mass is 16.5. The van der Waals surface area contributed by atoms with Crippen molar-refractivity contribution in [3.63, 3.8) is 0 Å². The molecule has 0 aromatic heterocycles. The maximum absolute atomic E-state index is 5.95. The Hall–Kier alpha value is -1.83. The minimum atomic E-state index is 0.529. The van der Waals surface area contributed by atoms with Gasteiger partial charge in [0.1, 0.15) is 12.4 Å². The number of ether oxygens (including phenoxy) is 3. The van der Waals surface area contributed by atoms with Crippen LogP contribution in [0.25, 0.3) is 0 Å². The molecular formula is C23H40N4O3. The van der Waals surface area contributed by atoms with Gasteiger partial charge in [0.25, 0.3) is 0 Å². The molecule has 1 heterocycles. The number of rotatable bonds is 13. The maximum atomic E-state index is 5.95. The van der Waals surface area contributed by atoms with Crippen LogP contribution in [0.15, 0.2) is 23.2 Å². The summed E-state index contributed by atoms with van der Waals surface area (Å²) in [5.41, 5.74) is 2.26. The number of hydrogen-bond acceptors (Lipinski definition) is 5. The second kappa shape index (κ2) is 14.2. The van der Waals surface area contributed by atoms with Crippen LogP contribution >= 0.6 is 0 Å². The molecule has 0 radical (unpaired) electrons. The first kappa shape index (κ1) is 24.4. The molecule has 30 heavy (non-hydrogen) atoms. The van der Waals surface area contributed by atoms with E-state index in [4.69, 9.17) is 19.2 Å². The summed E-state index contributed by atoms with van der Waals surface area (Å²) in [4.78, 5) is 7.31. The maximum Gasteiger partial charge on any atom is 0.191 e. The third-order valence-corrected chi connectivity index (χ3v) is 5.25. The molecule has 0 aliphatic carbocycles. The summed E-state index contributed by atoms with van der Waals surface area (Å²) in [5, 5.41) is 6.89. The van der Waals surface area contributed by atoms with Crippen molar-refractivity contribution in [2.24, 2.45) is 4.99 Å². The van der Waals surface area contributed by atoms with Crippen LogP contribution in [-0.2, 0) is 16.0 Å². The fourth-order valence-corrected chi connectivity index (χ4v) is 3.63.